The van der Waals surface area contributed by atoms with Gasteiger partial charge < -0.3 is 10.6 Å². The maximum Gasteiger partial charge on any atom is 0.242 e. The second-order valence-corrected chi connectivity index (χ2v) is 6.79. The predicted molar refractivity (Wildman–Crippen MR) is 86.5 cm³/mol. The highest BCUT2D eigenvalue weighted by molar-refractivity contribution is 7.89. The number of amides is 1. The normalized spacial score (nSPS) is 11.1. The molecule has 1 aromatic rings. The molecule has 0 aromatic heterocycles. The van der Waals surface area contributed by atoms with Crippen molar-refractivity contribution < 1.29 is 13.2 Å². The lowest BCUT2D eigenvalue weighted by Crippen LogP contribution is -2.23. The van der Waals surface area contributed by atoms with Gasteiger partial charge in [-0.1, -0.05) is 6.07 Å². The van der Waals surface area contributed by atoms with Gasteiger partial charge in [-0.3, -0.25) is 4.79 Å². The second-order valence-electron chi connectivity index (χ2n) is 4.67. The molecule has 21 heavy (non-hydrogen) atoms. The van der Waals surface area contributed by atoms with Gasteiger partial charge in [-0.15, -0.1) is 12.4 Å². The molecule has 0 atom stereocenters. The minimum atomic E-state index is -3.51. The predicted octanol–water partition coefficient (Wildman–Crippen LogP) is 1.22. The van der Waals surface area contributed by atoms with E-state index in [1.165, 1.54) is 20.2 Å². The number of hydrogen-bond acceptors (Lipinski definition) is 4. The van der Waals surface area contributed by atoms with Crippen LogP contribution in [0.15, 0.2) is 23.1 Å². The Morgan fingerprint density at radius 2 is 1.90 bits per heavy atom. The van der Waals surface area contributed by atoms with Crippen molar-refractivity contribution in [3.05, 3.63) is 23.8 Å². The molecule has 0 aliphatic rings. The molecule has 1 amide bonds. The van der Waals surface area contributed by atoms with Crippen LogP contribution in [0.25, 0.3) is 0 Å². The van der Waals surface area contributed by atoms with Crippen LogP contribution in [0.4, 0.5) is 5.69 Å². The first-order valence-electron chi connectivity index (χ1n) is 6.26. The van der Waals surface area contributed by atoms with Crippen molar-refractivity contribution in [2.24, 2.45) is 0 Å². The summed E-state index contributed by atoms with van der Waals surface area (Å²) in [5.74, 6) is -0.156. The van der Waals surface area contributed by atoms with E-state index < -0.39 is 10.0 Å². The average Bonchev–Trinajstić information content (AvgIpc) is 2.38. The van der Waals surface area contributed by atoms with Gasteiger partial charge in [0.25, 0.3) is 0 Å². The van der Waals surface area contributed by atoms with Gasteiger partial charge in [-0.05, 0) is 31.7 Å². The molecule has 2 N–H and O–H groups in total. The van der Waals surface area contributed by atoms with Crippen LogP contribution in [-0.4, -0.2) is 46.3 Å². The van der Waals surface area contributed by atoms with Crippen LogP contribution in [0.3, 0.4) is 0 Å². The van der Waals surface area contributed by atoms with E-state index in [-0.39, 0.29) is 23.2 Å². The number of aryl methyl sites for hydroxylation is 1. The van der Waals surface area contributed by atoms with Gasteiger partial charge in [0, 0.05) is 32.7 Å². The summed E-state index contributed by atoms with van der Waals surface area (Å²) >= 11 is 0. The summed E-state index contributed by atoms with van der Waals surface area (Å²) in [4.78, 5) is 11.8. The molecule has 0 unspecified atom stereocenters. The number of benzene rings is 1. The number of hydrogen-bond donors (Lipinski definition) is 2. The monoisotopic (exact) mass is 335 g/mol. The van der Waals surface area contributed by atoms with Crippen molar-refractivity contribution in [1.82, 2.24) is 9.62 Å². The first-order chi connectivity index (χ1) is 9.28. The summed E-state index contributed by atoms with van der Waals surface area (Å²) in [6.07, 6.45) is 0.333. The van der Waals surface area contributed by atoms with E-state index in [0.717, 1.165) is 4.31 Å². The third-order valence-electron chi connectivity index (χ3n) is 2.83. The van der Waals surface area contributed by atoms with E-state index in [0.29, 0.717) is 24.2 Å². The van der Waals surface area contributed by atoms with Crippen molar-refractivity contribution in [1.29, 1.82) is 0 Å². The number of anilines is 1. The molecular weight excluding hydrogens is 314 g/mol. The molecule has 8 heteroatoms. The fourth-order valence-corrected chi connectivity index (χ4v) is 2.76. The summed E-state index contributed by atoms with van der Waals surface area (Å²) in [6, 6.07) is 4.87. The summed E-state index contributed by atoms with van der Waals surface area (Å²) in [5.41, 5.74) is 1.13. The molecule has 0 heterocycles. The molecule has 0 saturated heterocycles. The lowest BCUT2D eigenvalue weighted by atomic mass is 10.2. The van der Waals surface area contributed by atoms with Gasteiger partial charge in [0.05, 0.1) is 4.90 Å². The van der Waals surface area contributed by atoms with Crippen LogP contribution in [-0.2, 0) is 14.8 Å². The average molecular weight is 336 g/mol. The van der Waals surface area contributed by atoms with Gasteiger partial charge in [0.15, 0.2) is 0 Å². The summed E-state index contributed by atoms with van der Waals surface area (Å²) in [6.45, 7) is 2.30. The molecule has 1 aromatic carbocycles. The lowest BCUT2D eigenvalue weighted by molar-refractivity contribution is -0.116. The fourth-order valence-electron chi connectivity index (χ4n) is 1.61. The zero-order valence-electron chi connectivity index (χ0n) is 12.6. The van der Waals surface area contributed by atoms with Crippen molar-refractivity contribution in [3.63, 3.8) is 0 Å². The highest BCUT2D eigenvalue weighted by Gasteiger charge is 2.20. The Morgan fingerprint density at radius 1 is 1.29 bits per heavy atom. The molecule has 0 aliphatic heterocycles. The molecule has 0 bridgehead atoms. The standard InChI is InChI=1S/C13H21N3O3S.ClH/c1-10-5-6-11(15-13(17)7-8-14-2)9-12(10)20(18,19)16(3)4;/h5-6,9,14H,7-8H2,1-4H3,(H,15,17);1H. The minimum Gasteiger partial charge on any atom is -0.326 e. The van der Waals surface area contributed by atoms with Crippen LogP contribution in [0.5, 0.6) is 0 Å². The summed E-state index contributed by atoms with van der Waals surface area (Å²) in [5, 5.41) is 5.57. The number of halogens is 1. The Kier molecular flexibility index (Phi) is 7.87. The molecule has 120 valence electrons. The minimum absolute atomic E-state index is 0. The van der Waals surface area contributed by atoms with Gasteiger partial charge in [0.2, 0.25) is 15.9 Å². The number of nitrogens with zero attached hydrogens (tertiary/aromatic N) is 1. The van der Waals surface area contributed by atoms with Gasteiger partial charge in [-0.25, -0.2) is 12.7 Å². The van der Waals surface area contributed by atoms with E-state index in [2.05, 4.69) is 10.6 Å². The number of rotatable bonds is 6. The maximum absolute atomic E-state index is 12.2. The van der Waals surface area contributed by atoms with Gasteiger partial charge in [-0.2, -0.15) is 0 Å². The first kappa shape index (κ1) is 19.9. The van der Waals surface area contributed by atoms with E-state index in [9.17, 15) is 13.2 Å². The van der Waals surface area contributed by atoms with Crippen molar-refractivity contribution in [3.8, 4) is 0 Å². The van der Waals surface area contributed by atoms with E-state index in [1.54, 1.807) is 26.1 Å². The van der Waals surface area contributed by atoms with Crippen LogP contribution in [0.2, 0.25) is 0 Å². The van der Waals surface area contributed by atoms with Gasteiger partial charge in [0.1, 0.15) is 0 Å². The zero-order chi connectivity index (χ0) is 15.3. The Labute approximate surface area is 132 Å². The summed E-state index contributed by atoms with van der Waals surface area (Å²) < 4.78 is 25.5. The number of nitrogens with one attached hydrogen (secondary N) is 2. The van der Waals surface area contributed by atoms with E-state index in [4.69, 9.17) is 0 Å². The smallest absolute Gasteiger partial charge is 0.242 e. The van der Waals surface area contributed by atoms with Crippen LogP contribution in [0.1, 0.15) is 12.0 Å². The van der Waals surface area contributed by atoms with Crippen molar-refractivity contribution >= 4 is 34.0 Å². The molecule has 0 saturated carbocycles. The Morgan fingerprint density at radius 3 is 2.43 bits per heavy atom. The van der Waals surface area contributed by atoms with Gasteiger partial charge >= 0.3 is 0 Å². The molecule has 0 fully saturated rings. The largest absolute Gasteiger partial charge is 0.326 e. The van der Waals surface area contributed by atoms with Crippen LogP contribution >= 0.6 is 12.4 Å². The summed E-state index contributed by atoms with van der Waals surface area (Å²) in [7, 11) is 1.21. The first-order valence-corrected chi connectivity index (χ1v) is 7.70. The van der Waals surface area contributed by atoms with Crippen molar-refractivity contribution in [2.75, 3.05) is 33.0 Å². The second kappa shape index (κ2) is 8.33. The Balaban J connectivity index is 0.00000400. The third-order valence-corrected chi connectivity index (χ3v) is 4.79. The highest BCUT2D eigenvalue weighted by Crippen LogP contribution is 2.22. The highest BCUT2D eigenvalue weighted by atomic mass is 35.5. The SMILES string of the molecule is CNCCC(=O)Nc1ccc(C)c(S(=O)(=O)N(C)C)c1.Cl. The number of sulfonamides is 1. The Bertz CT molecular complexity index is 588. The topological polar surface area (TPSA) is 78.5 Å². The maximum atomic E-state index is 12.2. The number of carbonyl (C=O) groups excluding carboxylic acids is 1. The molecule has 0 aliphatic carbocycles. The molecular formula is C13H22ClN3O3S. The third kappa shape index (κ3) is 5.28. The van der Waals surface area contributed by atoms with Crippen LogP contribution < -0.4 is 10.6 Å². The molecule has 0 spiro atoms. The Hall–Kier alpha value is -1.15. The molecule has 6 nitrogen and oxygen atoms in total. The molecule has 1 rings (SSSR count). The zero-order valence-corrected chi connectivity index (χ0v) is 14.3. The fraction of sp³-hybridized carbons (Fsp3) is 0.462. The van der Waals surface area contributed by atoms with Crippen LogP contribution in [0, 0.1) is 6.92 Å². The molecule has 0 radical (unpaired) electrons. The van der Waals surface area contributed by atoms with E-state index >= 15 is 0 Å². The number of carbonyl (C=O) groups is 1. The lowest BCUT2D eigenvalue weighted by Gasteiger charge is -2.15. The van der Waals surface area contributed by atoms with Crippen molar-refractivity contribution in [2.45, 2.75) is 18.2 Å². The van der Waals surface area contributed by atoms with E-state index in [1.807, 2.05) is 0 Å². The quantitative estimate of drug-likeness (QED) is 0.819.